The van der Waals surface area contributed by atoms with Crippen LogP contribution in [0, 0.1) is 0 Å². The van der Waals surface area contributed by atoms with Gasteiger partial charge in [0.15, 0.2) is 0 Å². The fourth-order valence-corrected chi connectivity index (χ4v) is 1.41. The molecule has 2 heterocycles. The summed E-state index contributed by atoms with van der Waals surface area (Å²) in [6.07, 6.45) is 1.57. The van der Waals surface area contributed by atoms with Gasteiger partial charge in [-0.3, -0.25) is 0 Å². The molecular formula is C11H14N4O2. The molecule has 2 rings (SSSR count). The van der Waals surface area contributed by atoms with Gasteiger partial charge in [-0.15, -0.1) is 5.10 Å². The zero-order valence-corrected chi connectivity index (χ0v) is 9.97. The summed E-state index contributed by atoms with van der Waals surface area (Å²) in [5.74, 6) is -0.0268. The Bertz CT molecular complexity index is 592. The smallest absolute Gasteiger partial charge is 0.387 e. The lowest BCUT2D eigenvalue weighted by atomic mass is 10.1. The number of rotatable bonds is 1. The average molecular weight is 234 g/mol. The fourth-order valence-electron chi connectivity index (χ4n) is 1.41. The maximum absolute atomic E-state index is 11.6. The van der Waals surface area contributed by atoms with Crippen LogP contribution in [-0.4, -0.2) is 14.8 Å². The van der Waals surface area contributed by atoms with Gasteiger partial charge >= 0.3 is 5.76 Å². The van der Waals surface area contributed by atoms with Crippen LogP contribution in [0.25, 0.3) is 11.5 Å². The molecule has 2 aromatic heterocycles. The van der Waals surface area contributed by atoms with Crippen molar-refractivity contribution in [2.45, 2.75) is 26.3 Å². The predicted octanol–water partition coefficient (Wildman–Crippen LogP) is 1.24. The molecular weight excluding hydrogens is 220 g/mol. The Morgan fingerprint density at radius 2 is 2.12 bits per heavy atom. The Kier molecular flexibility index (Phi) is 2.49. The van der Waals surface area contributed by atoms with Crippen molar-refractivity contribution in [2.75, 3.05) is 5.73 Å². The average Bonchev–Trinajstić information content (AvgIpc) is 2.60. The highest BCUT2D eigenvalue weighted by Gasteiger charge is 2.21. The number of nitrogens with two attached hydrogens (primary N) is 1. The zero-order chi connectivity index (χ0) is 12.6. The van der Waals surface area contributed by atoms with Gasteiger partial charge in [-0.2, -0.15) is 4.68 Å². The predicted molar refractivity (Wildman–Crippen MR) is 63.4 cm³/mol. The van der Waals surface area contributed by atoms with Crippen LogP contribution in [0.3, 0.4) is 0 Å². The second-order valence-corrected chi connectivity index (χ2v) is 4.69. The maximum atomic E-state index is 11.6. The standard InChI is InChI=1S/C11H14N4O2/c1-11(2,3)15-10(16)17-9(14-15)7-5-4-6-13-8(7)12/h4-6H,1-3H3,(H2,12,13). The van der Waals surface area contributed by atoms with E-state index in [2.05, 4.69) is 10.1 Å². The van der Waals surface area contributed by atoms with E-state index >= 15 is 0 Å². The third-order valence-electron chi connectivity index (χ3n) is 2.25. The Morgan fingerprint density at radius 1 is 1.41 bits per heavy atom. The van der Waals surface area contributed by atoms with Gasteiger partial charge in [-0.1, -0.05) is 0 Å². The van der Waals surface area contributed by atoms with Gasteiger partial charge < -0.3 is 10.2 Å². The first-order valence-electron chi connectivity index (χ1n) is 5.21. The van der Waals surface area contributed by atoms with E-state index in [1.54, 1.807) is 18.3 Å². The largest absolute Gasteiger partial charge is 0.437 e. The molecule has 0 radical (unpaired) electrons. The molecule has 0 bridgehead atoms. The number of pyridine rings is 1. The van der Waals surface area contributed by atoms with Crippen LogP contribution >= 0.6 is 0 Å². The number of nitrogens with zero attached hydrogens (tertiary/aromatic N) is 3. The highest BCUT2D eigenvalue weighted by molar-refractivity contribution is 5.65. The first kappa shape index (κ1) is 11.4. The minimum absolute atomic E-state index is 0.190. The van der Waals surface area contributed by atoms with Gasteiger partial charge in [0.05, 0.1) is 11.1 Å². The van der Waals surface area contributed by atoms with E-state index in [1.807, 2.05) is 20.8 Å². The van der Waals surface area contributed by atoms with Crippen LogP contribution in [0.5, 0.6) is 0 Å². The molecule has 0 aliphatic heterocycles. The molecule has 6 heteroatoms. The topological polar surface area (TPSA) is 86.9 Å². The highest BCUT2D eigenvalue weighted by Crippen LogP contribution is 2.21. The number of aromatic nitrogens is 3. The quantitative estimate of drug-likeness (QED) is 0.802. The molecule has 6 nitrogen and oxygen atoms in total. The molecule has 0 saturated carbocycles. The van der Waals surface area contributed by atoms with Crippen molar-refractivity contribution in [1.82, 2.24) is 14.8 Å². The van der Waals surface area contributed by atoms with Crippen molar-refractivity contribution in [1.29, 1.82) is 0 Å². The fraction of sp³-hybridized carbons (Fsp3) is 0.364. The monoisotopic (exact) mass is 234 g/mol. The van der Waals surface area contributed by atoms with Crippen LogP contribution in [0.4, 0.5) is 5.82 Å². The lowest BCUT2D eigenvalue weighted by Gasteiger charge is -2.15. The van der Waals surface area contributed by atoms with Crippen LogP contribution < -0.4 is 11.5 Å². The molecule has 0 saturated heterocycles. The molecule has 90 valence electrons. The summed E-state index contributed by atoms with van der Waals surface area (Å²) in [6, 6.07) is 3.42. The van der Waals surface area contributed by atoms with Crippen molar-refractivity contribution in [2.24, 2.45) is 0 Å². The van der Waals surface area contributed by atoms with Gasteiger partial charge in [0.25, 0.3) is 5.89 Å². The van der Waals surface area contributed by atoms with Gasteiger partial charge in [0.1, 0.15) is 5.82 Å². The second kappa shape index (κ2) is 3.73. The summed E-state index contributed by atoms with van der Waals surface area (Å²) in [4.78, 5) is 15.6. The van der Waals surface area contributed by atoms with Gasteiger partial charge in [0.2, 0.25) is 0 Å². The van der Waals surface area contributed by atoms with E-state index < -0.39 is 11.3 Å². The van der Waals surface area contributed by atoms with E-state index in [4.69, 9.17) is 10.2 Å². The summed E-state index contributed by atoms with van der Waals surface area (Å²) >= 11 is 0. The summed E-state index contributed by atoms with van der Waals surface area (Å²) < 4.78 is 6.37. The van der Waals surface area contributed by atoms with Crippen LogP contribution in [0.2, 0.25) is 0 Å². The van der Waals surface area contributed by atoms with E-state index in [9.17, 15) is 4.79 Å². The molecule has 17 heavy (non-hydrogen) atoms. The van der Waals surface area contributed by atoms with Crippen molar-refractivity contribution < 1.29 is 4.42 Å². The Balaban J connectivity index is 2.57. The Morgan fingerprint density at radius 3 is 2.65 bits per heavy atom. The summed E-state index contributed by atoms with van der Waals surface area (Å²) in [6.45, 7) is 5.61. The van der Waals surface area contributed by atoms with E-state index in [-0.39, 0.29) is 11.7 Å². The minimum atomic E-state index is -0.504. The molecule has 0 amide bonds. The van der Waals surface area contributed by atoms with Gasteiger partial charge in [-0.05, 0) is 32.9 Å². The van der Waals surface area contributed by atoms with Crippen molar-refractivity contribution >= 4 is 5.82 Å². The second-order valence-electron chi connectivity index (χ2n) is 4.69. The zero-order valence-electron chi connectivity index (χ0n) is 9.97. The Labute approximate surface area is 98.1 Å². The maximum Gasteiger partial charge on any atom is 0.437 e. The number of anilines is 1. The summed E-state index contributed by atoms with van der Waals surface area (Å²) in [5, 5.41) is 4.13. The first-order valence-corrected chi connectivity index (χ1v) is 5.21. The van der Waals surface area contributed by atoms with Gasteiger partial charge in [0, 0.05) is 6.20 Å². The SMILES string of the molecule is CC(C)(C)n1nc(-c2cccnc2N)oc1=O. The van der Waals surface area contributed by atoms with Crippen LogP contribution in [-0.2, 0) is 5.54 Å². The van der Waals surface area contributed by atoms with E-state index in [1.165, 1.54) is 4.68 Å². The number of nitrogen functional groups attached to an aromatic ring is 1. The minimum Gasteiger partial charge on any atom is -0.387 e. The third-order valence-corrected chi connectivity index (χ3v) is 2.25. The third kappa shape index (κ3) is 2.06. The van der Waals surface area contributed by atoms with Crippen molar-refractivity contribution in [3.05, 3.63) is 28.9 Å². The molecule has 0 aliphatic carbocycles. The molecule has 2 N–H and O–H groups in total. The molecule has 0 unspecified atom stereocenters. The molecule has 0 spiro atoms. The lowest BCUT2D eigenvalue weighted by molar-refractivity contribution is 0.325. The van der Waals surface area contributed by atoms with Crippen molar-refractivity contribution in [3.8, 4) is 11.5 Å². The lowest BCUT2D eigenvalue weighted by Crippen LogP contribution is -2.32. The van der Waals surface area contributed by atoms with E-state index in [0.29, 0.717) is 5.56 Å². The van der Waals surface area contributed by atoms with Crippen molar-refractivity contribution in [3.63, 3.8) is 0 Å². The van der Waals surface area contributed by atoms with Crippen LogP contribution in [0.1, 0.15) is 20.8 Å². The van der Waals surface area contributed by atoms with Gasteiger partial charge in [-0.25, -0.2) is 9.78 Å². The highest BCUT2D eigenvalue weighted by atomic mass is 16.4. The molecule has 0 fully saturated rings. The first-order chi connectivity index (χ1) is 7.89. The molecule has 0 atom stereocenters. The van der Waals surface area contributed by atoms with E-state index in [0.717, 1.165) is 0 Å². The molecule has 0 aromatic carbocycles. The molecule has 0 aliphatic rings. The Hall–Kier alpha value is -2.11. The number of hydrogen-bond acceptors (Lipinski definition) is 5. The summed E-state index contributed by atoms with van der Waals surface area (Å²) in [7, 11) is 0. The molecule has 2 aromatic rings. The van der Waals surface area contributed by atoms with Crippen LogP contribution in [0.15, 0.2) is 27.5 Å². The summed E-state index contributed by atoms with van der Waals surface area (Å²) in [5.41, 5.74) is 5.78. The normalized spacial score (nSPS) is 11.7. The number of hydrogen-bond donors (Lipinski definition) is 1.